The lowest BCUT2D eigenvalue weighted by Crippen LogP contribution is -2.64. The number of benzene rings is 1. The number of hydrogen-bond donors (Lipinski definition) is 2. The van der Waals surface area contributed by atoms with Gasteiger partial charge in [-0.15, -0.1) is 0 Å². The largest absolute Gasteiger partial charge is 0.321 e. The lowest BCUT2D eigenvalue weighted by molar-refractivity contribution is 0.0199. The number of nitrogens with zero attached hydrogens (tertiary/aromatic N) is 4. The van der Waals surface area contributed by atoms with Crippen LogP contribution in [0.1, 0.15) is 26.2 Å². The molecule has 1 atom stereocenters. The Labute approximate surface area is 135 Å². The van der Waals surface area contributed by atoms with E-state index in [1.807, 2.05) is 23.1 Å². The van der Waals surface area contributed by atoms with E-state index in [4.69, 9.17) is 0 Å². The summed E-state index contributed by atoms with van der Waals surface area (Å²) in [6, 6.07) is 6.67. The van der Waals surface area contributed by atoms with Crippen LogP contribution in [0.5, 0.6) is 0 Å². The van der Waals surface area contributed by atoms with Crippen LogP contribution in [0.3, 0.4) is 0 Å². The van der Waals surface area contributed by atoms with Crippen LogP contribution in [0.4, 0.5) is 10.5 Å². The predicted molar refractivity (Wildman–Crippen MR) is 88.3 cm³/mol. The van der Waals surface area contributed by atoms with Gasteiger partial charge in [-0.1, -0.05) is 6.42 Å². The summed E-state index contributed by atoms with van der Waals surface area (Å²) >= 11 is 0. The number of likely N-dealkylation sites (tertiary alicyclic amines) is 2. The molecule has 2 aliphatic rings. The molecule has 7 heteroatoms. The molecule has 4 rings (SSSR count). The van der Waals surface area contributed by atoms with Crippen LogP contribution in [0.15, 0.2) is 18.2 Å². The van der Waals surface area contributed by atoms with Crippen molar-refractivity contribution in [1.29, 1.82) is 0 Å². The van der Waals surface area contributed by atoms with E-state index in [-0.39, 0.29) is 6.03 Å². The summed E-state index contributed by atoms with van der Waals surface area (Å²) in [7, 11) is 0. The molecule has 0 spiro atoms. The van der Waals surface area contributed by atoms with Gasteiger partial charge in [0.05, 0.1) is 0 Å². The highest BCUT2D eigenvalue weighted by Gasteiger charge is 2.37. The van der Waals surface area contributed by atoms with Crippen LogP contribution in [-0.4, -0.2) is 63.0 Å². The third kappa shape index (κ3) is 2.76. The lowest BCUT2D eigenvalue weighted by Gasteiger charge is -2.49. The number of nitrogens with one attached hydrogen (secondary N) is 2. The maximum absolute atomic E-state index is 12.3. The Kier molecular flexibility index (Phi) is 3.65. The Bertz CT molecular complexity index is 707. The number of fused-ring (bicyclic) bond motifs is 1. The van der Waals surface area contributed by atoms with Gasteiger partial charge in [-0.2, -0.15) is 15.4 Å². The van der Waals surface area contributed by atoms with E-state index in [0.29, 0.717) is 12.1 Å². The highest BCUT2D eigenvalue weighted by molar-refractivity contribution is 5.92. The molecule has 3 heterocycles. The molecule has 122 valence electrons. The molecular weight excluding hydrogens is 292 g/mol. The fraction of sp³-hybridized carbons (Fsp3) is 0.562. The molecule has 2 saturated heterocycles. The molecule has 0 radical (unpaired) electrons. The number of piperidine rings is 1. The molecule has 2 aliphatic heterocycles. The highest BCUT2D eigenvalue weighted by Crippen LogP contribution is 2.25. The van der Waals surface area contributed by atoms with E-state index in [1.165, 1.54) is 25.8 Å². The van der Waals surface area contributed by atoms with Crippen molar-refractivity contribution in [1.82, 2.24) is 25.2 Å². The maximum Gasteiger partial charge on any atom is 0.321 e. The van der Waals surface area contributed by atoms with Crippen molar-refractivity contribution >= 4 is 22.8 Å². The number of urea groups is 1. The summed E-state index contributed by atoms with van der Waals surface area (Å²) in [5, 5.41) is 13.6. The predicted octanol–water partition coefficient (Wildman–Crippen LogP) is 2.05. The van der Waals surface area contributed by atoms with Crippen molar-refractivity contribution in [3.05, 3.63) is 18.2 Å². The minimum atomic E-state index is -0.0336. The molecule has 1 aromatic heterocycles. The van der Waals surface area contributed by atoms with Gasteiger partial charge < -0.3 is 10.2 Å². The van der Waals surface area contributed by atoms with Gasteiger partial charge in [-0.25, -0.2) is 4.79 Å². The van der Waals surface area contributed by atoms with Crippen molar-refractivity contribution in [2.75, 3.05) is 25.0 Å². The van der Waals surface area contributed by atoms with Gasteiger partial charge in [-0.05, 0) is 44.5 Å². The first-order valence-corrected chi connectivity index (χ1v) is 8.33. The summed E-state index contributed by atoms with van der Waals surface area (Å²) < 4.78 is 0. The molecule has 2 amide bonds. The van der Waals surface area contributed by atoms with Gasteiger partial charge in [-0.3, -0.25) is 4.90 Å². The number of carbonyl (C=O) groups is 1. The zero-order valence-corrected chi connectivity index (χ0v) is 13.3. The average Bonchev–Trinajstić information content (AvgIpc) is 2.95. The molecule has 0 unspecified atom stereocenters. The van der Waals surface area contributed by atoms with Gasteiger partial charge in [0.2, 0.25) is 0 Å². The molecule has 2 N–H and O–H groups in total. The van der Waals surface area contributed by atoms with Crippen LogP contribution in [0.2, 0.25) is 0 Å². The number of aromatic amines is 1. The Morgan fingerprint density at radius 1 is 1.26 bits per heavy atom. The van der Waals surface area contributed by atoms with Gasteiger partial charge in [0, 0.05) is 30.9 Å². The zero-order valence-electron chi connectivity index (χ0n) is 13.3. The van der Waals surface area contributed by atoms with Gasteiger partial charge in [0.1, 0.15) is 11.0 Å². The Hall–Kier alpha value is -2.15. The van der Waals surface area contributed by atoms with E-state index >= 15 is 0 Å². The molecule has 0 aliphatic carbocycles. The molecule has 7 nitrogen and oxygen atoms in total. The molecule has 1 aromatic carbocycles. The van der Waals surface area contributed by atoms with Gasteiger partial charge in [0.15, 0.2) is 0 Å². The summed E-state index contributed by atoms with van der Waals surface area (Å²) in [5.41, 5.74) is 2.31. The first kappa shape index (κ1) is 14.4. The SMILES string of the molecule is C[C@@H]1CCCCN1C1CN(C(=O)Nc2ccc3n[nH]nc3c2)C1. The number of amides is 2. The second-order valence-electron chi connectivity index (χ2n) is 6.60. The second kappa shape index (κ2) is 5.81. The number of aromatic nitrogens is 3. The van der Waals surface area contributed by atoms with E-state index in [9.17, 15) is 4.79 Å². The third-order valence-electron chi connectivity index (χ3n) is 5.04. The van der Waals surface area contributed by atoms with Gasteiger partial charge in [0.25, 0.3) is 0 Å². The fourth-order valence-corrected chi connectivity index (χ4v) is 3.61. The zero-order chi connectivity index (χ0) is 15.8. The monoisotopic (exact) mass is 314 g/mol. The highest BCUT2D eigenvalue weighted by atomic mass is 16.2. The maximum atomic E-state index is 12.3. The fourth-order valence-electron chi connectivity index (χ4n) is 3.61. The van der Waals surface area contributed by atoms with Crippen molar-refractivity contribution in [3.8, 4) is 0 Å². The third-order valence-corrected chi connectivity index (χ3v) is 5.04. The van der Waals surface area contributed by atoms with Crippen LogP contribution in [0, 0.1) is 0 Å². The van der Waals surface area contributed by atoms with E-state index in [2.05, 4.69) is 32.6 Å². The summed E-state index contributed by atoms with van der Waals surface area (Å²) in [4.78, 5) is 16.8. The molecule has 23 heavy (non-hydrogen) atoms. The second-order valence-corrected chi connectivity index (χ2v) is 6.60. The number of H-pyrrole nitrogens is 1. The summed E-state index contributed by atoms with van der Waals surface area (Å²) in [5.74, 6) is 0. The first-order valence-electron chi connectivity index (χ1n) is 8.33. The summed E-state index contributed by atoms with van der Waals surface area (Å²) in [6.07, 6.45) is 3.89. The number of hydrogen-bond acceptors (Lipinski definition) is 4. The quantitative estimate of drug-likeness (QED) is 0.889. The lowest BCUT2D eigenvalue weighted by atomic mass is 9.98. The Morgan fingerprint density at radius 2 is 2.09 bits per heavy atom. The number of anilines is 1. The molecule has 0 bridgehead atoms. The van der Waals surface area contributed by atoms with Crippen LogP contribution >= 0.6 is 0 Å². The van der Waals surface area contributed by atoms with Gasteiger partial charge >= 0.3 is 6.03 Å². The van der Waals surface area contributed by atoms with E-state index in [0.717, 1.165) is 29.8 Å². The van der Waals surface area contributed by atoms with E-state index < -0.39 is 0 Å². The normalized spacial score (nSPS) is 23.0. The minimum Gasteiger partial charge on any atom is -0.321 e. The first-order chi connectivity index (χ1) is 11.2. The minimum absolute atomic E-state index is 0.0336. The van der Waals surface area contributed by atoms with Crippen LogP contribution < -0.4 is 5.32 Å². The van der Waals surface area contributed by atoms with Crippen molar-refractivity contribution in [3.63, 3.8) is 0 Å². The average molecular weight is 314 g/mol. The Morgan fingerprint density at radius 3 is 2.91 bits per heavy atom. The topological polar surface area (TPSA) is 77.1 Å². The molecule has 2 fully saturated rings. The van der Waals surface area contributed by atoms with E-state index in [1.54, 1.807) is 0 Å². The molecular formula is C16H22N6O. The Balaban J connectivity index is 1.34. The van der Waals surface area contributed by atoms with Crippen LogP contribution in [-0.2, 0) is 0 Å². The van der Waals surface area contributed by atoms with Crippen molar-refractivity contribution in [2.45, 2.75) is 38.3 Å². The number of carbonyl (C=O) groups excluding carboxylic acids is 1. The summed E-state index contributed by atoms with van der Waals surface area (Å²) in [6.45, 7) is 5.11. The molecule has 0 saturated carbocycles. The number of rotatable bonds is 2. The standard InChI is InChI=1S/C16H22N6O/c1-11-4-2-3-7-22(11)13-9-21(10-13)16(23)17-12-5-6-14-15(8-12)19-20-18-14/h5-6,8,11,13H,2-4,7,9-10H2,1H3,(H,17,23)(H,18,19,20)/t11-/m1/s1. The molecule has 2 aromatic rings. The van der Waals surface area contributed by atoms with Crippen molar-refractivity contribution < 1.29 is 4.79 Å². The van der Waals surface area contributed by atoms with Crippen molar-refractivity contribution in [2.24, 2.45) is 0 Å². The van der Waals surface area contributed by atoms with Crippen LogP contribution in [0.25, 0.3) is 11.0 Å². The smallest absolute Gasteiger partial charge is 0.321 e.